The van der Waals surface area contributed by atoms with E-state index in [-0.39, 0.29) is 17.4 Å². The van der Waals surface area contributed by atoms with Gasteiger partial charge in [0.25, 0.3) is 5.91 Å². The van der Waals surface area contributed by atoms with Crippen LogP contribution in [0.3, 0.4) is 0 Å². The van der Waals surface area contributed by atoms with Crippen LogP contribution in [-0.2, 0) is 0 Å². The van der Waals surface area contributed by atoms with Crippen LogP contribution in [0.25, 0.3) is 0 Å². The maximum absolute atomic E-state index is 11.9. The molecule has 0 aliphatic heterocycles. The van der Waals surface area contributed by atoms with Crippen molar-refractivity contribution in [3.8, 4) is 11.6 Å². The first kappa shape index (κ1) is 11.9. The number of aromatic hydroxyl groups is 1. The van der Waals surface area contributed by atoms with Gasteiger partial charge < -0.3 is 15.2 Å². The van der Waals surface area contributed by atoms with Gasteiger partial charge in [0.15, 0.2) is 0 Å². The van der Waals surface area contributed by atoms with Gasteiger partial charge >= 0.3 is 0 Å². The fourth-order valence-electron chi connectivity index (χ4n) is 1.43. The van der Waals surface area contributed by atoms with Crippen molar-refractivity contribution in [2.24, 2.45) is 0 Å². The number of nitrogens with one attached hydrogen (secondary N) is 1. The predicted octanol–water partition coefficient (Wildman–Crippen LogP) is 2.05. The highest BCUT2D eigenvalue weighted by Crippen LogP contribution is 2.16. The molecule has 2 N–H and O–H groups in total. The summed E-state index contributed by atoms with van der Waals surface area (Å²) < 4.78 is 4.94. The van der Waals surface area contributed by atoms with E-state index in [2.05, 4.69) is 10.3 Å². The number of rotatable bonds is 3. The van der Waals surface area contributed by atoms with E-state index in [1.54, 1.807) is 30.3 Å². The molecule has 0 aliphatic rings. The number of anilines is 1. The van der Waals surface area contributed by atoms with Crippen LogP contribution < -0.4 is 10.1 Å². The SMILES string of the molecule is COc1cccc(C(=O)Nc2cccc(O)c2)n1. The molecule has 0 saturated carbocycles. The Kier molecular flexibility index (Phi) is 3.43. The molecular formula is C13H12N2O3. The summed E-state index contributed by atoms with van der Waals surface area (Å²) in [7, 11) is 1.49. The van der Waals surface area contributed by atoms with Crippen LogP contribution >= 0.6 is 0 Å². The van der Waals surface area contributed by atoms with Crippen molar-refractivity contribution < 1.29 is 14.6 Å². The van der Waals surface area contributed by atoms with E-state index in [1.165, 1.54) is 19.2 Å². The number of benzene rings is 1. The quantitative estimate of drug-likeness (QED) is 0.866. The molecule has 2 rings (SSSR count). The number of aromatic nitrogens is 1. The minimum Gasteiger partial charge on any atom is -0.508 e. The Balaban J connectivity index is 2.16. The standard InChI is InChI=1S/C13H12N2O3/c1-18-12-7-3-6-11(15-12)13(17)14-9-4-2-5-10(16)8-9/h2-8,16H,1H3,(H,14,17). The summed E-state index contributed by atoms with van der Waals surface area (Å²) >= 11 is 0. The number of hydrogen-bond acceptors (Lipinski definition) is 4. The first-order valence-electron chi connectivity index (χ1n) is 5.30. The number of hydrogen-bond donors (Lipinski definition) is 2. The Morgan fingerprint density at radius 1 is 1.28 bits per heavy atom. The third-order valence-electron chi connectivity index (χ3n) is 2.27. The third kappa shape index (κ3) is 2.76. The Hall–Kier alpha value is -2.56. The molecule has 1 aromatic carbocycles. The molecule has 0 atom stereocenters. The number of amides is 1. The zero-order valence-electron chi connectivity index (χ0n) is 9.75. The number of pyridine rings is 1. The van der Waals surface area contributed by atoms with Gasteiger partial charge in [-0.2, -0.15) is 0 Å². The summed E-state index contributed by atoms with van der Waals surface area (Å²) in [5.41, 5.74) is 0.752. The fourth-order valence-corrected chi connectivity index (χ4v) is 1.43. The lowest BCUT2D eigenvalue weighted by Gasteiger charge is -2.06. The van der Waals surface area contributed by atoms with E-state index < -0.39 is 0 Å². The Labute approximate surface area is 104 Å². The van der Waals surface area contributed by atoms with E-state index in [9.17, 15) is 9.90 Å². The lowest BCUT2D eigenvalue weighted by atomic mass is 10.3. The third-order valence-corrected chi connectivity index (χ3v) is 2.27. The van der Waals surface area contributed by atoms with Crippen LogP contribution in [0.15, 0.2) is 42.5 Å². The van der Waals surface area contributed by atoms with Gasteiger partial charge in [0.05, 0.1) is 7.11 Å². The van der Waals surface area contributed by atoms with Crippen LogP contribution in [0, 0.1) is 0 Å². The number of carbonyl (C=O) groups is 1. The number of carbonyl (C=O) groups excluding carboxylic acids is 1. The maximum atomic E-state index is 11.9. The molecule has 0 aliphatic carbocycles. The average molecular weight is 244 g/mol. The summed E-state index contributed by atoms with van der Waals surface area (Å²) in [4.78, 5) is 15.9. The summed E-state index contributed by atoms with van der Waals surface area (Å²) in [6.07, 6.45) is 0. The second kappa shape index (κ2) is 5.18. The maximum Gasteiger partial charge on any atom is 0.274 e. The molecule has 0 radical (unpaired) electrons. The second-order valence-electron chi connectivity index (χ2n) is 3.57. The molecule has 1 aromatic heterocycles. The minimum absolute atomic E-state index is 0.0893. The van der Waals surface area contributed by atoms with E-state index in [1.807, 2.05) is 0 Å². The van der Waals surface area contributed by atoms with Gasteiger partial charge in [0, 0.05) is 17.8 Å². The lowest BCUT2D eigenvalue weighted by Crippen LogP contribution is -2.13. The van der Waals surface area contributed by atoms with Gasteiger partial charge in [-0.3, -0.25) is 4.79 Å². The van der Waals surface area contributed by atoms with Gasteiger partial charge in [-0.1, -0.05) is 12.1 Å². The molecule has 2 aromatic rings. The van der Waals surface area contributed by atoms with Crippen molar-refractivity contribution in [2.75, 3.05) is 12.4 Å². The number of nitrogens with zero attached hydrogens (tertiary/aromatic N) is 1. The normalized spacial score (nSPS) is 9.83. The van der Waals surface area contributed by atoms with Crippen molar-refractivity contribution in [3.05, 3.63) is 48.2 Å². The molecule has 0 bridgehead atoms. The number of phenols is 1. The zero-order chi connectivity index (χ0) is 13.0. The van der Waals surface area contributed by atoms with Crippen LogP contribution in [-0.4, -0.2) is 23.1 Å². The van der Waals surface area contributed by atoms with Gasteiger partial charge in [-0.25, -0.2) is 4.98 Å². The Bertz CT molecular complexity index is 570. The molecular weight excluding hydrogens is 232 g/mol. The predicted molar refractivity (Wildman–Crippen MR) is 66.8 cm³/mol. The van der Waals surface area contributed by atoms with E-state index in [0.29, 0.717) is 11.6 Å². The molecule has 0 spiro atoms. The molecule has 0 unspecified atom stereocenters. The van der Waals surface area contributed by atoms with Crippen molar-refractivity contribution in [1.82, 2.24) is 4.98 Å². The largest absolute Gasteiger partial charge is 0.508 e. The van der Waals surface area contributed by atoms with Crippen LogP contribution in [0.5, 0.6) is 11.6 Å². The van der Waals surface area contributed by atoms with Gasteiger partial charge in [-0.05, 0) is 18.2 Å². The molecule has 5 nitrogen and oxygen atoms in total. The fraction of sp³-hybridized carbons (Fsp3) is 0.0769. The second-order valence-corrected chi connectivity index (χ2v) is 3.57. The first-order valence-corrected chi connectivity index (χ1v) is 5.30. The highest BCUT2D eigenvalue weighted by Gasteiger charge is 2.08. The van der Waals surface area contributed by atoms with Gasteiger partial charge in [0.1, 0.15) is 11.4 Å². The van der Waals surface area contributed by atoms with Gasteiger partial charge in [-0.15, -0.1) is 0 Å². The highest BCUT2D eigenvalue weighted by atomic mass is 16.5. The molecule has 1 heterocycles. The summed E-state index contributed by atoms with van der Waals surface area (Å²) in [5.74, 6) is 0.101. The van der Waals surface area contributed by atoms with Crippen LogP contribution in [0.1, 0.15) is 10.5 Å². The number of methoxy groups -OCH3 is 1. The molecule has 18 heavy (non-hydrogen) atoms. The topological polar surface area (TPSA) is 71.5 Å². The smallest absolute Gasteiger partial charge is 0.274 e. The number of ether oxygens (including phenoxy) is 1. The molecule has 5 heteroatoms. The minimum atomic E-state index is -0.362. The highest BCUT2D eigenvalue weighted by molar-refractivity contribution is 6.03. The Morgan fingerprint density at radius 3 is 2.78 bits per heavy atom. The van der Waals surface area contributed by atoms with Gasteiger partial charge in [0.2, 0.25) is 5.88 Å². The zero-order valence-corrected chi connectivity index (χ0v) is 9.75. The molecule has 92 valence electrons. The van der Waals surface area contributed by atoms with Crippen LogP contribution in [0.4, 0.5) is 5.69 Å². The van der Waals surface area contributed by atoms with E-state index in [4.69, 9.17) is 4.74 Å². The van der Waals surface area contributed by atoms with Crippen LogP contribution in [0.2, 0.25) is 0 Å². The van der Waals surface area contributed by atoms with Crippen molar-refractivity contribution in [3.63, 3.8) is 0 Å². The Morgan fingerprint density at radius 2 is 2.06 bits per heavy atom. The summed E-state index contributed by atoms with van der Waals surface area (Å²) in [5, 5.41) is 11.9. The van der Waals surface area contributed by atoms with E-state index >= 15 is 0 Å². The first-order chi connectivity index (χ1) is 8.69. The summed E-state index contributed by atoms with van der Waals surface area (Å²) in [6.45, 7) is 0. The molecule has 0 fully saturated rings. The molecule has 1 amide bonds. The number of phenolic OH excluding ortho intramolecular Hbond substituents is 1. The average Bonchev–Trinajstić information content (AvgIpc) is 2.39. The molecule has 0 saturated heterocycles. The van der Waals surface area contributed by atoms with E-state index in [0.717, 1.165) is 0 Å². The van der Waals surface area contributed by atoms with Crippen molar-refractivity contribution in [2.45, 2.75) is 0 Å². The summed E-state index contributed by atoms with van der Waals surface area (Å²) in [6, 6.07) is 11.2. The monoisotopic (exact) mass is 244 g/mol. The van der Waals surface area contributed by atoms with Crippen molar-refractivity contribution >= 4 is 11.6 Å². The lowest BCUT2D eigenvalue weighted by molar-refractivity contribution is 0.102. The van der Waals surface area contributed by atoms with Crippen molar-refractivity contribution in [1.29, 1.82) is 0 Å².